The second kappa shape index (κ2) is 5.60. The molecule has 2 unspecified atom stereocenters. The highest BCUT2D eigenvalue weighted by molar-refractivity contribution is 5.81. The number of H-pyrrole nitrogens is 1. The maximum Gasteiger partial charge on any atom is 0.293 e. The maximum atomic E-state index is 10.8. The van der Waals surface area contributed by atoms with Crippen LogP contribution >= 0.6 is 0 Å². The van der Waals surface area contributed by atoms with Gasteiger partial charge in [0.2, 0.25) is 0 Å². The van der Waals surface area contributed by atoms with Crippen LogP contribution in [-0.2, 0) is 9.53 Å². The molecule has 1 aliphatic rings. The van der Waals surface area contributed by atoms with E-state index in [2.05, 4.69) is 15.1 Å². The van der Waals surface area contributed by atoms with E-state index in [0.717, 1.165) is 29.6 Å². The maximum absolute atomic E-state index is 10.8. The Bertz CT molecular complexity index is 598. The number of fused-ring (bicyclic) bond motifs is 1. The fourth-order valence-corrected chi connectivity index (χ4v) is 2.70. The van der Waals surface area contributed by atoms with Crippen molar-refractivity contribution >= 4 is 17.4 Å². The second-order valence-electron chi connectivity index (χ2n) is 5.08. The highest BCUT2D eigenvalue weighted by Crippen LogP contribution is 2.25. The molecule has 1 fully saturated rings. The Kier molecular flexibility index (Phi) is 3.66. The van der Waals surface area contributed by atoms with Crippen LogP contribution in [0.2, 0.25) is 0 Å². The second-order valence-corrected chi connectivity index (χ2v) is 5.08. The first-order valence-electron chi connectivity index (χ1n) is 6.70. The molecular weight excluding hydrogens is 258 g/mol. The van der Waals surface area contributed by atoms with Crippen molar-refractivity contribution in [2.45, 2.75) is 18.6 Å². The Morgan fingerprint density at radius 2 is 2.40 bits per heavy atom. The first kappa shape index (κ1) is 13.1. The smallest absolute Gasteiger partial charge is 0.293 e. The van der Waals surface area contributed by atoms with Crippen LogP contribution in [0.15, 0.2) is 24.3 Å². The van der Waals surface area contributed by atoms with Crippen molar-refractivity contribution in [3.05, 3.63) is 30.0 Å². The molecule has 0 radical (unpaired) electrons. The third-order valence-corrected chi connectivity index (χ3v) is 3.70. The normalized spacial score (nSPS) is 21.1. The van der Waals surface area contributed by atoms with E-state index in [9.17, 15) is 9.90 Å². The minimum absolute atomic E-state index is 0.289. The average molecular weight is 275 g/mol. The topological polar surface area (TPSA) is 78.4 Å². The number of benzene rings is 1. The third kappa shape index (κ3) is 2.52. The number of hydrogen-bond acceptors (Lipinski definition) is 5. The van der Waals surface area contributed by atoms with E-state index >= 15 is 0 Å². The first-order chi connectivity index (χ1) is 9.78. The number of nitrogens with one attached hydrogen (secondary N) is 1. The molecule has 2 aromatic rings. The molecule has 106 valence electrons. The lowest BCUT2D eigenvalue weighted by Crippen LogP contribution is -2.28. The molecule has 0 amide bonds. The summed E-state index contributed by atoms with van der Waals surface area (Å²) in [4.78, 5) is 12.8. The van der Waals surface area contributed by atoms with Crippen LogP contribution in [0.3, 0.4) is 0 Å². The van der Waals surface area contributed by atoms with Crippen molar-refractivity contribution in [3.8, 4) is 0 Å². The molecule has 1 aromatic heterocycles. The number of likely N-dealkylation sites (tertiary alicyclic amines) is 1. The Labute approximate surface area is 116 Å². The number of rotatable bonds is 5. The number of carbonyl (C=O) groups is 1. The molecule has 2 N–H and O–H groups in total. The fourth-order valence-electron chi connectivity index (χ4n) is 2.70. The molecule has 0 aliphatic carbocycles. The number of aromatic amines is 1. The number of hydrogen-bond donors (Lipinski definition) is 2. The molecule has 2 heterocycles. The van der Waals surface area contributed by atoms with Crippen molar-refractivity contribution in [2.24, 2.45) is 0 Å². The lowest BCUT2D eigenvalue weighted by Gasteiger charge is -2.21. The molecule has 6 heteroatoms. The van der Waals surface area contributed by atoms with Crippen LogP contribution in [-0.4, -0.2) is 52.4 Å². The summed E-state index contributed by atoms with van der Waals surface area (Å²) in [6.07, 6.45) is 0.0477. The van der Waals surface area contributed by atoms with Gasteiger partial charge in [0.1, 0.15) is 5.69 Å². The molecule has 3 rings (SSSR count). The number of para-hydroxylation sites is 1. The molecular formula is C14H17N3O3. The van der Waals surface area contributed by atoms with E-state index < -0.39 is 6.10 Å². The van der Waals surface area contributed by atoms with Gasteiger partial charge in [0.15, 0.2) is 6.10 Å². The fraction of sp³-hybridized carbons (Fsp3) is 0.429. The van der Waals surface area contributed by atoms with Gasteiger partial charge in [-0.25, -0.2) is 0 Å². The average Bonchev–Trinajstić information content (AvgIpc) is 3.04. The van der Waals surface area contributed by atoms with Crippen LogP contribution < -0.4 is 0 Å². The van der Waals surface area contributed by atoms with E-state index in [0.29, 0.717) is 19.6 Å². The molecule has 0 spiro atoms. The number of carbonyl (C=O) groups excluding carboxylic acids is 1. The van der Waals surface area contributed by atoms with Gasteiger partial charge in [-0.3, -0.25) is 14.8 Å². The lowest BCUT2D eigenvalue weighted by molar-refractivity contribution is -0.134. The van der Waals surface area contributed by atoms with E-state index in [1.165, 1.54) is 0 Å². The molecule has 1 aromatic carbocycles. The van der Waals surface area contributed by atoms with Gasteiger partial charge in [0.25, 0.3) is 6.47 Å². The van der Waals surface area contributed by atoms with Crippen molar-refractivity contribution in [3.63, 3.8) is 0 Å². The van der Waals surface area contributed by atoms with Gasteiger partial charge in [0, 0.05) is 25.0 Å². The molecule has 0 saturated carbocycles. The highest BCUT2D eigenvalue weighted by Gasteiger charge is 2.26. The Balaban J connectivity index is 1.84. The monoisotopic (exact) mass is 275 g/mol. The molecule has 0 bridgehead atoms. The lowest BCUT2D eigenvalue weighted by atomic mass is 10.1. The van der Waals surface area contributed by atoms with Gasteiger partial charge >= 0.3 is 0 Å². The Morgan fingerprint density at radius 1 is 1.55 bits per heavy atom. The van der Waals surface area contributed by atoms with Crippen LogP contribution in [0.4, 0.5) is 0 Å². The van der Waals surface area contributed by atoms with Crippen molar-refractivity contribution < 1.29 is 14.6 Å². The van der Waals surface area contributed by atoms with E-state index in [1.54, 1.807) is 0 Å². The highest BCUT2D eigenvalue weighted by atomic mass is 16.5. The summed E-state index contributed by atoms with van der Waals surface area (Å²) in [6, 6.07) is 7.74. The van der Waals surface area contributed by atoms with Gasteiger partial charge in [-0.05, 0) is 12.5 Å². The predicted octanol–water partition coefficient (Wildman–Crippen LogP) is 0.844. The quantitative estimate of drug-likeness (QED) is 0.791. The van der Waals surface area contributed by atoms with E-state index in [4.69, 9.17) is 4.74 Å². The first-order valence-corrected chi connectivity index (χ1v) is 6.70. The zero-order valence-electron chi connectivity index (χ0n) is 11.0. The van der Waals surface area contributed by atoms with Gasteiger partial charge in [-0.1, -0.05) is 18.2 Å². The van der Waals surface area contributed by atoms with Gasteiger partial charge in [-0.15, -0.1) is 0 Å². The van der Waals surface area contributed by atoms with Gasteiger partial charge in [0.05, 0.1) is 11.6 Å². The van der Waals surface area contributed by atoms with E-state index in [-0.39, 0.29) is 6.10 Å². The number of aliphatic hydroxyl groups is 1. The van der Waals surface area contributed by atoms with Crippen LogP contribution in [0.1, 0.15) is 18.2 Å². The number of nitrogens with zero attached hydrogens (tertiary/aromatic N) is 2. The van der Waals surface area contributed by atoms with Crippen molar-refractivity contribution in [1.29, 1.82) is 0 Å². The molecule has 1 aliphatic heterocycles. The Hall–Kier alpha value is -1.92. The number of aromatic nitrogens is 2. The summed E-state index contributed by atoms with van der Waals surface area (Å²) in [5.41, 5.74) is 1.65. The zero-order chi connectivity index (χ0) is 13.9. The number of β-amino-alcohol motifs (C(OH)–C–C–N with tert-alkyl or cyclic N) is 1. The summed E-state index contributed by atoms with van der Waals surface area (Å²) in [5.74, 6) is 0. The summed E-state index contributed by atoms with van der Waals surface area (Å²) in [7, 11) is 0. The molecule has 6 nitrogen and oxygen atoms in total. The van der Waals surface area contributed by atoms with Gasteiger partial charge in [-0.2, -0.15) is 5.10 Å². The van der Waals surface area contributed by atoms with Gasteiger partial charge < -0.3 is 9.84 Å². The van der Waals surface area contributed by atoms with Crippen molar-refractivity contribution in [2.75, 3.05) is 19.6 Å². The minimum atomic E-state index is -0.422. The number of aliphatic hydroxyl groups excluding tert-OH is 1. The largest absolute Gasteiger partial charge is 0.457 e. The van der Waals surface area contributed by atoms with Crippen LogP contribution in [0, 0.1) is 0 Å². The van der Waals surface area contributed by atoms with Crippen molar-refractivity contribution in [1.82, 2.24) is 15.1 Å². The summed E-state index contributed by atoms with van der Waals surface area (Å²) >= 11 is 0. The predicted molar refractivity (Wildman–Crippen MR) is 73.0 cm³/mol. The summed E-state index contributed by atoms with van der Waals surface area (Å²) in [6.45, 7) is 2.43. The third-order valence-electron chi connectivity index (χ3n) is 3.70. The number of ether oxygens (including phenoxy) is 1. The summed E-state index contributed by atoms with van der Waals surface area (Å²) in [5, 5.41) is 17.8. The molecule has 1 saturated heterocycles. The zero-order valence-corrected chi connectivity index (χ0v) is 11.0. The Morgan fingerprint density at radius 3 is 3.15 bits per heavy atom. The molecule has 2 atom stereocenters. The molecule has 20 heavy (non-hydrogen) atoms. The standard InChI is InChI=1S/C14H17N3O3/c18-9-20-13(8-17-6-5-10(19)7-17)14-11-3-1-2-4-12(11)15-16-14/h1-4,9-10,13,19H,5-8H2,(H,15,16). The van der Waals surface area contributed by atoms with E-state index in [1.807, 2.05) is 24.3 Å². The minimum Gasteiger partial charge on any atom is -0.457 e. The SMILES string of the molecule is O=COC(CN1CCC(O)C1)c1n[nH]c2ccccc12. The summed E-state index contributed by atoms with van der Waals surface area (Å²) < 4.78 is 5.21. The van der Waals surface area contributed by atoms with Crippen LogP contribution in [0.5, 0.6) is 0 Å². The van der Waals surface area contributed by atoms with Crippen LogP contribution in [0.25, 0.3) is 10.9 Å².